The molecule has 0 aromatic heterocycles. The molecule has 2 atom stereocenters. The van der Waals surface area contributed by atoms with Crippen molar-refractivity contribution in [1.29, 1.82) is 0 Å². The van der Waals surface area contributed by atoms with Gasteiger partial charge in [-0.3, -0.25) is 0 Å². The first-order valence-corrected chi connectivity index (χ1v) is 6.18. The van der Waals surface area contributed by atoms with Crippen LogP contribution >= 0.6 is 34.8 Å². The van der Waals surface area contributed by atoms with Gasteiger partial charge in [-0.05, 0) is 24.1 Å². The van der Waals surface area contributed by atoms with Crippen LogP contribution in [0.2, 0.25) is 15.1 Å². The van der Waals surface area contributed by atoms with Gasteiger partial charge in [0.05, 0.1) is 22.2 Å². The zero-order valence-electron chi connectivity index (χ0n) is 8.88. The number of hydrogen-bond donors (Lipinski definition) is 2. The maximum atomic E-state index is 9.81. The van der Waals surface area contributed by atoms with Gasteiger partial charge in [0.25, 0.3) is 0 Å². The van der Waals surface area contributed by atoms with Gasteiger partial charge in [-0.1, -0.05) is 48.1 Å². The molecule has 0 aliphatic carbocycles. The molecule has 90 valence electrons. The van der Waals surface area contributed by atoms with E-state index in [1.165, 1.54) is 0 Å². The highest BCUT2D eigenvalue weighted by Gasteiger charge is 2.20. The van der Waals surface area contributed by atoms with Crippen LogP contribution in [0.3, 0.4) is 0 Å². The first-order chi connectivity index (χ1) is 7.47. The molecule has 5 heteroatoms. The van der Waals surface area contributed by atoms with Gasteiger partial charge in [0.2, 0.25) is 0 Å². The van der Waals surface area contributed by atoms with Gasteiger partial charge in [0, 0.05) is 5.02 Å². The van der Waals surface area contributed by atoms with Crippen molar-refractivity contribution in [3.63, 3.8) is 0 Å². The highest BCUT2D eigenvalue weighted by atomic mass is 35.5. The lowest BCUT2D eigenvalue weighted by molar-refractivity contribution is 0.134. The molecule has 0 amide bonds. The summed E-state index contributed by atoms with van der Waals surface area (Å²) >= 11 is 17.8. The summed E-state index contributed by atoms with van der Waals surface area (Å²) in [4.78, 5) is 0. The second-order valence-corrected chi connectivity index (χ2v) is 4.89. The molecule has 1 aromatic carbocycles. The second kappa shape index (κ2) is 6.08. The molecular weight excluding hydrogens is 268 g/mol. The quantitative estimate of drug-likeness (QED) is 0.825. The van der Waals surface area contributed by atoms with Crippen molar-refractivity contribution in [3.8, 4) is 0 Å². The van der Waals surface area contributed by atoms with Crippen molar-refractivity contribution >= 4 is 34.8 Å². The van der Waals surface area contributed by atoms with Gasteiger partial charge >= 0.3 is 0 Å². The Morgan fingerprint density at radius 1 is 1.31 bits per heavy atom. The van der Waals surface area contributed by atoms with Crippen molar-refractivity contribution in [3.05, 3.63) is 32.8 Å². The van der Waals surface area contributed by atoms with Gasteiger partial charge in [0.15, 0.2) is 0 Å². The van der Waals surface area contributed by atoms with Gasteiger partial charge in [-0.15, -0.1) is 0 Å². The highest BCUT2D eigenvalue weighted by Crippen LogP contribution is 2.34. The summed E-state index contributed by atoms with van der Waals surface area (Å²) in [5, 5.41) is 11.0. The third-order valence-electron chi connectivity index (χ3n) is 2.38. The van der Waals surface area contributed by atoms with Crippen LogP contribution in [-0.4, -0.2) is 11.2 Å². The molecule has 16 heavy (non-hydrogen) atoms. The Balaban J connectivity index is 3.03. The highest BCUT2D eigenvalue weighted by molar-refractivity contribution is 6.43. The molecule has 0 spiro atoms. The Hall–Kier alpha value is 0.01000. The van der Waals surface area contributed by atoms with Gasteiger partial charge in [-0.2, -0.15) is 0 Å². The molecular formula is C11H14Cl3NO. The van der Waals surface area contributed by atoms with Gasteiger partial charge in [0.1, 0.15) is 0 Å². The predicted octanol–water partition coefficient (Wildman–Crippen LogP) is 3.81. The van der Waals surface area contributed by atoms with E-state index in [9.17, 15) is 5.11 Å². The summed E-state index contributed by atoms with van der Waals surface area (Å²) in [6, 6.07) is 2.62. The average molecular weight is 283 g/mol. The Morgan fingerprint density at radius 2 is 1.94 bits per heavy atom. The van der Waals surface area contributed by atoms with E-state index in [4.69, 9.17) is 40.5 Å². The minimum absolute atomic E-state index is 0.350. The van der Waals surface area contributed by atoms with Crippen LogP contribution in [0.15, 0.2) is 12.1 Å². The Kier molecular flexibility index (Phi) is 5.35. The second-order valence-electron chi connectivity index (χ2n) is 3.67. The first kappa shape index (κ1) is 14.1. The van der Waals surface area contributed by atoms with E-state index in [-0.39, 0.29) is 0 Å². The first-order valence-electron chi connectivity index (χ1n) is 5.05. The summed E-state index contributed by atoms with van der Waals surface area (Å²) in [7, 11) is 0. The van der Waals surface area contributed by atoms with Crippen LogP contribution in [0, 0.1) is 0 Å². The molecule has 0 heterocycles. The predicted molar refractivity (Wildman–Crippen MR) is 69.3 cm³/mol. The topological polar surface area (TPSA) is 46.2 Å². The molecule has 0 unspecified atom stereocenters. The van der Waals surface area contributed by atoms with Gasteiger partial charge < -0.3 is 10.8 Å². The number of halogens is 3. The minimum Gasteiger partial charge on any atom is -0.391 e. The number of rotatable bonds is 4. The maximum absolute atomic E-state index is 9.81. The van der Waals surface area contributed by atoms with Crippen molar-refractivity contribution < 1.29 is 5.11 Å². The lowest BCUT2D eigenvalue weighted by atomic mass is 9.99. The maximum Gasteiger partial charge on any atom is 0.0733 e. The summed E-state index contributed by atoms with van der Waals surface area (Å²) < 4.78 is 0. The van der Waals surface area contributed by atoms with E-state index >= 15 is 0 Å². The average Bonchev–Trinajstić information content (AvgIpc) is 2.22. The molecule has 0 radical (unpaired) electrons. The lowest BCUT2D eigenvalue weighted by Gasteiger charge is -2.20. The third kappa shape index (κ3) is 3.25. The van der Waals surface area contributed by atoms with E-state index in [1.807, 2.05) is 6.92 Å². The zero-order valence-corrected chi connectivity index (χ0v) is 11.1. The summed E-state index contributed by atoms with van der Waals surface area (Å²) in [6.45, 7) is 1.97. The molecule has 2 nitrogen and oxygen atoms in total. The Bertz CT molecular complexity index is 370. The summed E-state index contributed by atoms with van der Waals surface area (Å²) in [6.07, 6.45) is 0.819. The van der Waals surface area contributed by atoms with Crippen LogP contribution in [0.1, 0.15) is 31.4 Å². The van der Waals surface area contributed by atoms with Crippen molar-refractivity contribution in [2.24, 2.45) is 5.73 Å². The molecule has 1 rings (SSSR count). The molecule has 0 bridgehead atoms. The number of aliphatic hydroxyl groups excluding tert-OH is 1. The fraction of sp³-hybridized carbons (Fsp3) is 0.455. The summed E-state index contributed by atoms with van der Waals surface area (Å²) in [5.41, 5.74) is 6.49. The van der Waals surface area contributed by atoms with Crippen molar-refractivity contribution in [2.75, 3.05) is 0 Å². The monoisotopic (exact) mass is 281 g/mol. The van der Waals surface area contributed by atoms with E-state index in [0.717, 1.165) is 6.42 Å². The van der Waals surface area contributed by atoms with Crippen molar-refractivity contribution in [1.82, 2.24) is 0 Å². The number of hydrogen-bond acceptors (Lipinski definition) is 2. The SMILES string of the molecule is CCC[C@H](O)[C@H](N)c1cc(Cl)cc(Cl)c1Cl. The molecule has 3 N–H and O–H groups in total. The zero-order chi connectivity index (χ0) is 12.3. The molecule has 0 saturated carbocycles. The minimum atomic E-state index is -0.642. The van der Waals surface area contributed by atoms with Gasteiger partial charge in [-0.25, -0.2) is 0 Å². The number of aliphatic hydroxyl groups is 1. The van der Waals surface area contributed by atoms with Crippen LogP contribution in [-0.2, 0) is 0 Å². The third-order valence-corrected chi connectivity index (χ3v) is 3.41. The molecule has 0 aliphatic rings. The largest absolute Gasteiger partial charge is 0.391 e. The molecule has 0 fully saturated rings. The normalized spacial score (nSPS) is 14.9. The smallest absolute Gasteiger partial charge is 0.0733 e. The fourth-order valence-corrected chi connectivity index (χ4v) is 2.25. The molecule has 1 aromatic rings. The Morgan fingerprint density at radius 3 is 2.50 bits per heavy atom. The Labute approximate surface area is 110 Å². The standard InChI is InChI=1S/C11H14Cl3NO/c1-2-3-9(16)11(15)7-4-6(12)5-8(13)10(7)14/h4-5,9,11,16H,2-3,15H2,1H3/t9-,11+/m0/s1. The molecule has 0 saturated heterocycles. The van der Waals surface area contributed by atoms with Crippen LogP contribution in [0.25, 0.3) is 0 Å². The number of benzene rings is 1. The fourth-order valence-electron chi connectivity index (χ4n) is 1.50. The van der Waals surface area contributed by atoms with Crippen LogP contribution < -0.4 is 5.73 Å². The van der Waals surface area contributed by atoms with E-state index in [1.54, 1.807) is 12.1 Å². The molecule has 0 aliphatic heterocycles. The number of nitrogens with two attached hydrogens (primary N) is 1. The van der Waals surface area contributed by atoms with E-state index in [2.05, 4.69) is 0 Å². The van der Waals surface area contributed by atoms with E-state index in [0.29, 0.717) is 27.1 Å². The van der Waals surface area contributed by atoms with Crippen LogP contribution in [0.4, 0.5) is 0 Å². The van der Waals surface area contributed by atoms with Crippen LogP contribution in [0.5, 0.6) is 0 Å². The van der Waals surface area contributed by atoms with E-state index < -0.39 is 12.1 Å². The van der Waals surface area contributed by atoms with Crippen molar-refractivity contribution in [2.45, 2.75) is 31.9 Å². The lowest BCUT2D eigenvalue weighted by Crippen LogP contribution is -2.26. The summed E-state index contributed by atoms with van der Waals surface area (Å²) in [5.74, 6) is 0.